The highest BCUT2D eigenvalue weighted by molar-refractivity contribution is 5.46. The van der Waals surface area contributed by atoms with Gasteiger partial charge in [0.15, 0.2) is 0 Å². The van der Waals surface area contributed by atoms with Gasteiger partial charge in [-0.1, -0.05) is 25.0 Å². The molecule has 0 aromatic heterocycles. The van der Waals surface area contributed by atoms with Gasteiger partial charge in [0, 0.05) is 25.8 Å². The van der Waals surface area contributed by atoms with Crippen LogP contribution in [0.4, 0.5) is 5.69 Å². The van der Waals surface area contributed by atoms with Gasteiger partial charge in [-0.2, -0.15) is 0 Å². The van der Waals surface area contributed by atoms with Gasteiger partial charge in [0.2, 0.25) is 0 Å². The zero-order valence-corrected chi connectivity index (χ0v) is 10.2. The summed E-state index contributed by atoms with van der Waals surface area (Å²) in [6, 6.07) is 8.70. The van der Waals surface area contributed by atoms with Crippen molar-refractivity contribution in [3.05, 3.63) is 29.8 Å². The van der Waals surface area contributed by atoms with Gasteiger partial charge in [0.25, 0.3) is 0 Å². The van der Waals surface area contributed by atoms with E-state index in [-0.39, 0.29) is 0 Å². The maximum atomic E-state index is 5.16. The molecule has 86 valence electrons. The van der Waals surface area contributed by atoms with Crippen LogP contribution in [0, 0.1) is 12.3 Å². The van der Waals surface area contributed by atoms with E-state index in [4.69, 9.17) is 6.42 Å². The fourth-order valence-electron chi connectivity index (χ4n) is 1.52. The van der Waals surface area contributed by atoms with Crippen LogP contribution in [0.3, 0.4) is 0 Å². The molecule has 0 unspecified atom stereocenters. The van der Waals surface area contributed by atoms with E-state index in [0.29, 0.717) is 6.54 Å². The Labute approximate surface area is 98.7 Å². The molecule has 16 heavy (non-hydrogen) atoms. The minimum absolute atomic E-state index is 0.641. The average Bonchev–Trinajstić information content (AvgIpc) is 2.34. The number of aryl methyl sites for hydroxylation is 1. The van der Waals surface area contributed by atoms with Gasteiger partial charge in [-0.25, -0.2) is 0 Å². The summed E-state index contributed by atoms with van der Waals surface area (Å²) in [6.45, 7) is 4.69. The minimum Gasteiger partial charge on any atom is -0.373 e. The highest BCUT2D eigenvalue weighted by atomic mass is 15.1. The van der Waals surface area contributed by atoms with Crippen molar-refractivity contribution in [3.63, 3.8) is 0 Å². The number of nitrogens with one attached hydrogen (secondary N) is 1. The molecule has 1 rings (SSSR count). The zero-order valence-electron chi connectivity index (χ0n) is 10.2. The molecule has 0 saturated carbocycles. The second kappa shape index (κ2) is 6.92. The van der Waals surface area contributed by atoms with E-state index in [1.807, 2.05) is 0 Å². The number of anilines is 1. The maximum absolute atomic E-state index is 5.16. The molecule has 1 N–H and O–H groups in total. The normalized spacial score (nSPS) is 9.81. The fraction of sp³-hybridized carbons (Fsp3) is 0.429. The first kappa shape index (κ1) is 12.6. The van der Waals surface area contributed by atoms with E-state index in [0.717, 1.165) is 19.5 Å². The van der Waals surface area contributed by atoms with Crippen molar-refractivity contribution in [2.45, 2.75) is 13.3 Å². The third-order valence-electron chi connectivity index (χ3n) is 2.64. The summed E-state index contributed by atoms with van der Waals surface area (Å²) < 4.78 is 0. The summed E-state index contributed by atoms with van der Waals surface area (Å²) >= 11 is 0. The Kier molecular flexibility index (Phi) is 5.45. The summed E-state index contributed by atoms with van der Waals surface area (Å²) in [4.78, 5) is 2.23. The molecule has 1 aromatic rings. The Morgan fingerprint density at radius 2 is 2.00 bits per heavy atom. The van der Waals surface area contributed by atoms with E-state index in [1.165, 1.54) is 11.3 Å². The van der Waals surface area contributed by atoms with E-state index in [9.17, 15) is 0 Å². The van der Waals surface area contributed by atoms with E-state index < -0.39 is 0 Å². The van der Waals surface area contributed by atoms with Crippen molar-refractivity contribution >= 4 is 5.69 Å². The predicted molar refractivity (Wildman–Crippen MR) is 70.8 cm³/mol. The van der Waals surface area contributed by atoms with Crippen molar-refractivity contribution in [1.82, 2.24) is 5.32 Å². The third kappa shape index (κ3) is 3.96. The smallest absolute Gasteiger partial charge is 0.0574 e. The molecule has 0 radical (unpaired) electrons. The number of terminal acetylenes is 1. The Hall–Kier alpha value is -1.46. The summed E-state index contributed by atoms with van der Waals surface area (Å²) in [6.07, 6.45) is 6.25. The molecular weight excluding hydrogens is 196 g/mol. The highest BCUT2D eigenvalue weighted by Crippen LogP contribution is 2.13. The molecule has 0 spiro atoms. The second-order valence-electron chi connectivity index (χ2n) is 3.82. The van der Waals surface area contributed by atoms with Gasteiger partial charge in [-0.3, -0.25) is 0 Å². The number of likely N-dealkylation sites (N-methyl/N-ethyl adjacent to an activating group) is 1. The molecule has 0 heterocycles. The summed E-state index contributed by atoms with van der Waals surface area (Å²) in [5.74, 6) is 2.57. The predicted octanol–water partition coefficient (Wildman–Crippen LogP) is 1.91. The van der Waals surface area contributed by atoms with Crippen LogP contribution >= 0.6 is 0 Å². The summed E-state index contributed by atoms with van der Waals surface area (Å²) in [7, 11) is 2.10. The molecule has 0 aliphatic rings. The molecule has 2 nitrogen and oxygen atoms in total. The van der Waals surface area contributed by atoms with Crippen LogP contribution in [0.2, 0.25) is 0 Å². The van der Waals surface area contributed by atoms with Crippen LogP contribution < -0.4 is 10.2 Å². The van der Waals surface area contributed by atoms with Crippen LogP contribution in [0.15, 0.2) is 24.3 Å². The Morgan fingerprint density at radius 3 is 2.56 bits per heavy atom. The standard InChI is InChI=1S/C14H20N2/c1-4-10-15-11-12-16(3)14-8-6-13(5-2)7-9-14/h1,6-9,15H,5,10-12H2,2-3H3. The summed E-state index contributed by atoms with van der Waals surface area (Å²) in [5.41, 5.74) is 2.63. The molecule has 0 bridgehead atoms. The lowest BCUT2D eigenvalue weighted by atomic mass is 10.1. The van der Waals surface area contributed by atoms with Crippen LogP contribution in [-0.2, 0) is 6.42 Å². The van der Waals surface area contributed by atoms with Gasteiger partial charge >= 0.3 is 0 Å². The molecule has 2 heteroatoms. The van der Waals surface area contributed by atoms with Crippen molar-refractivity contribution < 1.29 is 0 Å². The number of benzene rings is 1. The van der Waals surface area contributed by atoms with Crippen LogP contribution in [0.1, 0.15) is 12.5 Å². The minimum atomic E-state index is 0.641. The zero-order chi connectivity index (χ0) is 11.8. The van der Waals surface area contributed by atoms with Gasteiger partial charge in [-0.15, -0.1) is 6.42 Å². The second-order valence-corrected chi connectivity index (χ2v) is 3.82. The first-order chi connectivity index (χ1) is 7.77. The topological polar surface area (TPSA) is 15.3 Å². The van der Waals surface area contributed by atoms with Crippen molar-refractivity contribution in [1.29, 1.82) is 0 Å². The number of rotatable bonds is 6. The average molecular weight is 216 g/mol. The first-order valence-electron chi connectivity index (χ1n) is 5.72. The monoisotopic (exact) mass is 216 g/mol. The van der Waals surface area contributed by atoms with E-state index >= 15 is 0 Å². The Balaban J connectivity index is 2.40. The quantitative estimate of drug-likeness (QED) is 0.577. The lowest BCUT2D eigenvalue weighted by Gasteiger charge is -2.19. The Bertz CT molecular complexity index is 335. The number of hydrogen-bond acceptors (Lipinski definition) is 2. The largest absolute Gasteiger partial charge is 0.373 e. The van der Waals surface area contributed by atoms with Gasteiger partial charge in [0.05, 0.1) is 6.54 Å². The molecule has 0 amide bonds. The van der Waals surface area contributed by atoms with Gasteiger partial charge in [0.1, 0.15) is 0 Å². The molecule has 0 aliphatic carbocycles. The van der Waals surface area contributed by atoms with E-state index in [2.05, 4.69) is 54.4 Å². The van der Waals surface area contributed by atoms with Gasteiger partial charge < -0.3 is 10.2 Å². The van der Waals surface area contributed by atoms with Crippen LogP contribution in [-0.4, -0.2) is 26.7 Å². The van der Waals surface area contributed by atoms with Crippen molar-refractivity contribution in [2.75, 3.05) is 31.6 Å². The maximum Gasteiger partial charge on any atom is 0.0574 e. The molecule has 0 saturated heterocycles. The molecule has 0 fully saturated rings. The molecule has 0 atom stereocenters. The summed E-state index contributed by atoms with van der Waals surface area (Å²) in [5, 5.41) is 3.18. The SMILES string of the molecule is C#CCNCCN(C)c1ccc(CC)cc1. The number of hydrogen-bond donors (Lipinski definition) is 1. The highest BCUT2D eigenvalue weighted by Gasteiger charge is 1.99. The van der Waals surface area contributed by atoms with Gasteiger partial charge in [-0.05, 0) is 24.1 Å². The lowest BCUT2D eigenvalue weighted by Crippen LogP contribution is -2.29. The Morgan fingerprint density at radius 1 is 1.31 bits per heavy atom. The fourth-order valence-corrected chi connectivity index (χ4v) is 1.52. The molecule has 0 aliphatic heterocycles. The van der Waals surface area contributed by atoms with E-state index in [1.54, 1.807) is 0 Å². The molecule has 1 aromatic carbocycles. The lowest BCUT2D eigenvalue weighted by molar-refractivity contribution is 0.737. The van der Waals surface area contributed by atoms with Crippen LogP contribution in [0.5, 0.6) is 0 Å². The number of nitrogens with zero attached hydrogens (tertiary/aromatic N) is 1. The third-order valence-corrected chi connectivity index (χ3v) is 2.64. The van der Waals surface area contributed by atoms with Crippen molar-refractivity contribution in [2.24, 2.45) is 0 Å². The molecular formula is C14H20N2. The first-order valence-corrected chi connectivity index (χ1v) is 5.72. The van der Waals surface area contributed by atoms with Crippen LogP contribution in [0.25, 0.3) is 0 Å². The van der Waals surface area contributed by atoms with Crippen molar-refractivity contribution in [3.8, 4) is 12.3 Å².